The maximum atomic E-state index is 9.87. The van der Waals surface area contributed by atoms with Crippen LogP contribution in [-0.4, -0.2) is 0 Å². The predicted molar refractivity (Wildman–Crippen MR) is 66.6 cm³/mol. The molecule has 2 aromatic rings. The number of hydrogen-bond donors (Lipinski definition) is 0. The van der Waals surface area contributed by atoms with E-state index in [1.54, 1.807) is 0 Å². The third-order valence-corrected chi connectivity index (χ3v) is 1.88. The number of rotatable bonds is 1. The minimum absolute atomic E-state index is 0. The molecule has 0 atom stereocenters. The van der Waals surface area contributed by atoms with Gasteiger partial charge in [-0.25, -0.2) is 0 Å². The quantitative estimate of drug-likeness (QED) is 0.399. The van der Waals surface area contributed by atoms with E-state index in [4.69, 9.17) is 0 Å². The largest absolute Gasteiger partial charge is 1.00 e. The molecule has 0 saturated heterocycles. The van der Waals surface area contributed by atoms with Crippen LogP contribution in [0.25, 0.3) is 11.1 Å². The fourth-order valence-corrected chi connectivity index (χ4v) is 1.26. The molecule has 0 radical (unpaired) electrons. The molecule has 0 aliphatic carbocycles. The zero-order valence-corrected chi connectivity index (χ0v) is 10.4. The van der Waals surface area contributed by atoms with Crippen LogP contribution in [0, 0.1) is 0 Å². The summed E-state index contributed by atoms with van der Waals surface area (Å²) in [6.07, 6.45) is 0. The second-order valence-electron chi connectivity index (χ2n) is 3.69. The third kappa shape index (κ3) is 10.1. The average molecular weight is 300 g/mol. The topological polar surface area (TPSA) is 0 Å². The molecular formula is C12H11F6P. The van der Waals surface area contributed by atoms with E-state index in [9.17, 15) is 25.2 Å². The summed E-state index contributed by atoms with van der Waals surface area (Å²) in [4.78, 5) is 0. The van der Waals surface area contributed by atoms with Crippen molar-refractivity contribution in [2.75, 3.05) is 0 Å². The predicted octanol–water partition coefficient (Wildman–Crippen LogP) is 6.85. The van der Waals surface area contributed by atoms with Gasteiger partial charge in [0.25, 0.3) is 0 Å². The number of benzene rings is 2. The van der Waals surface area contributed by atoms with Crippen molar-refractivity contribution in [2.24, 2.45) is 0 Å². The standard InChI is InChI=1S/C12H10.F6P/c1-3-7-11(8-4-1)12-9-5-2-6-10-12;1-7(2,3,4,5)6/h1-10H;/q;-1/p+1. The van der Waals surface area contributed by atoms with E-state index >= 15 is 0 Å². The smallest absolute Gasteiger partial charge is 0.0622 e. The molecule has 0 aliphatic rings. The van der Waals surface area contributed by atoms with Crippen molar-refractivity contribution < 1.29 is 26.6 Å². The SMILES string of the molecule is F[P-](F)(F)(F)(F)F.[H+].c1ccc(-c2ccccc2)cc1. The van der Waals surface area contributed by atoms with Crippen molar-refractivity contribution in [3.05, 3.63) is 60.7 Å². The third-order valence-electron chi connectivity index (χ3n) is 1.88. The first-order valence-corrected chi connectivity index (χ1v) is 7.11. The van der Waals surface area contributed by atoms with Crippen LogP contribution in [0.5, 0.6) is 0 Å². The minimum atomic E-state index is -10.7. The van der Waals surface area contributed by atoms with E-state index in [0.29, 0.717) is 0 Å². The summed E-state index contributed by atoms with van der Waals surface area (Å²) in [5.74, 6) is 0. The number of halogens is 6. The van der Waals surface area contributed by atoms with Crippen molar-refractivity contribution in [1.29, 1.82) is 0 Å². The van der Waals surface area contributed by atoms with Gasteiger partial charge in [0.1, 0.15) is 0 Å². The fraction of sp³-hybridized carbons (Fsp3) is 0. The Bertz CT molecular complexity index is 475. The van der Waals surface area contributed by atoms with Gasteiger partial charge < -0.3 is 0 Å². The van der Waals surface area contributed by atoms with Crippen molar-refractivity contribution >= 4 is 7.81 Å². The van der Waals surface area contributed by atoms with Gasteiger partial charge in [0.15, 0.2) is 0 Å². The molecule has 0 fully saturated rings. The molecular weight excluding hydrogens is 289 g/mol. The summed E-state index contributed by atoms with van der Waals surface area (Å²) in [5, 5.41) is 0. The monoisotopic (exact) mass is 300 g/mol. The Kier molecular flexibility index (Phi) is 3.70. The van der Waals surface area contributed by atoms with Crippen LogP contribution in [0.3, 0.4) is 0 Å². The average Bonchev–Trinajstić information content (AvgIpc) is 2.27. The molecule has 19 heavy (non-hydrogen) atoms. The van der Waals surface area contributed by atoms with Crippen molar-refractivity contribution in [3.8, 4) is 11.1 Å². The van der Waals surface area contributed by atoms with E-state index in [2.05, 4.69) is 48.5 Å². The summed E-state index contributed by atoms with van der Waals surface area (Å²) in [5.41, 5.74) is 2.55. The number of hydrogen-bond acceptors (Lipinski definition) is 0. The van der Waals surface area contributed by atoms with Crippen molar-refractivity contribution in [2.45, 2.75) is 0 Å². The van der Waals surface area contributed by atoms with Crippen LogP contribution in [0.2, 0.25) is 0 Å². The molecule has 0 bridgehead atoms. The zero-order chi connectivity index (χ0) is 14.6. The first-order chi connectivity index (χ1) is 8.42. The molecule has 0 aromatic heterocycles. The van der Waals surface area contributed by atoms with Gasteiger partial charge in [-0.05, 0) is 11.1 Å². The first kappa shape index (κ1) is 15.5. The molecule has 7 heteroatoms. The van der Waals surface area contributed by atoms with Gasteiger partial charge in [0.2, 0.25) is 0 Å². The Hall–Kier alpha value is -1.55. The summed E-state index contributed by atoms with van der Waals surface area (Å²) in [6, 6.07) is 20.8. The van der Waals surface area contributed by atoms with E-state index in [-0.39, 0.29) is 1.43 Å². The van der Waals surface area contributed by atoms with Gasteiger partial charge in [-0.15, -0.1) is 0 Å². The molecule has 0 N–H and O–H groups in total. The first-order valence-electron chi connectivity index (χ1n) is 5.09. The van der Waals surface area contributed by atoms with Crippen molar-refractivity contribution in [3.63, 3.8) is 0 Å². The molecule has 0 aliphatic heterocycles. The maximum absolute atomic E-state index is 10.7. The van der Waals surface area contributed by atoms with Crippen LogP contribution in [-0.2, 0) is 0 Å². The van der Waals surface area contributed by atoms with Gasteiger partial charge in [-0.3, -0.25) is 0 Å². The Morgan fingerprint density at radius 3 is 0.947 bits per heavy atom. The van der Waals surface area contributed by atoms with Crippen LogP contribution < -0.4 is 0 Å². The van der Waals surface area contributed by atoms with E-state index in [1.807, 2.05) is 12.1 Å². The molecule has 106 valence electrons. The molecule has 0 nitrogen and oxygen atoms in total. The Morgan fingerprint density at radius 1 is 0.526 bits per heavy atom. The second kappa shape index (κ2) is 4.53. The second-order valence-corrected chi connectivity index (χ2v) is 5.61. The molecule has 0 unspecified atom stereocenters. The molecule has 0 heterocycles. The maximum Gasteiger partial charge on any atom is 1.00 e. The van der Waals surface area contributed by atoms with Gasteiger partial charge in [0, 0.05) is 0 Å². The van der Waals surface area contributed by atoms with E-state index in [0.717, 1.165) is 0 Å². The van der Waals surface area contributed by atoms with Gasteiger partial charge in [-0.1, -0.05) is 60.7 Å². The van der Waals surface area contributed by atoms with Gasteiger partial charge >= 0.3 is 34.4 Å². The van der Waals surface area contributed by atoms with Crippen LogP contribution in [0.4, 0.5) is 25.2 Å². The zero-order valence-electron chi connectivity index (χ0n) is 10.5. The molecule has 0 amide bonds. The Morgan fingerprint density at radius 2 is 0.737 bits per heavy atom. The summed E-state index contributed by atoms with van der Waals surface area (Å²) in [7, 11) is -10.7. The van der Waals surface area contributed by atoms with Crippen molar-refractivity contribution in [1.82, 2.24) is 0 Å². The Labute approximate surface area is 107 Å². The van der Waals surface area contributed by atoms with Gasteiger partial charge in [0.05, 0.1) is 0 Å². The normalized spacial score (nSPS) is 14.6. The van der Waals surface area contributed by atoms with Gasteiger partial charge in [-0.2, -0.15) is 0 Å². The van der Waals surface area contributed by atoms with E-state index in [1.165, 1.54) is 11.1 Å². The van der Waals surface area contributed by atoms with Crippen LogP contribution in [0.1, 0.15) is 1.43 Å². The summed E-state index contributed by atoms with van der Waals surface area (Å²) < 4.78 is 59.2. The minimum Gasteiger partial charge on any atom is -0.0622 e. The summed E-state index contributed by atoms with van der Waals surface area (Å²) >= 11 is 0. The Balaban J connectivity index is 0.000000396. The molecule has 0 spiro atoms. The molecule has 2 rings (SSSR count). The van der Waals surface area contributed by atoms with Crippen LogP contribution in [0.15, 0.2) is 60.7 Å². The van der Waals surface area contributed by atoms with Crippen LogP contribution >= 0.6 is 7.81 Å². The fourth-order valence-electron chi connectivity index (χ4n) is 1.26. The molecule has 2 aromatic carbocycles. The molecule has 0 saturated carbocycles. The summed E-state index contributed by atoms with van der Waals surface area (Å²) in [6.45, 7) is 0. The van der Waals surface area contributed by atoms with E-state index < -0.39 is 7.81 Å².